The van der Waals surface area contributed by atoms with Gasteiger partial charge in [0.1, 0.15) is 5.82 Å². The van der Waals surface area contributed by atoms with E-state index in [1.54, 1.807) is 18.2 Å². The number of carbonyl (C=O) groups is 1. The summed E-state index contributed by atoms with van der Waals surface area (Å²) in [7, 11) is 0. The van der Waals surface area contributed by atoms with Gasteiger partial charge in [0.05, 0.1) is 16.8 Å². The normalized spacial score (nSPS) is 11.6. The van der Waals surface area contributed by atoms with E-state index in [9.17, 15) is 9.18 Å². The zero-order valence-corrected chi connectivity index (χ0v) is 10.4. The van der Waals surface area contributed by atoms with E-state index in [-0.39, 0.29) is 10.6 Å². The van der Waals surface area contributed by atoms with Gasteiger partial charge in [-0.3, -0.25) is 9.78 Å². The van der Waals surface area contributed by atoms with Gasteiger partial charge in [-0.05, 0) is 30.3 Å². The Morgan fingerprint density at radius 1 is 1.37 bits per heavy atom. The maximum absolute atomic E-state index is 12.9. The van der Waals surface area contributed by atoms with Gasteiger partial charge in [0.2, 0.25) is 0 Å². The molecular formula is C14H8ClFN2O. The van der Waals surface area contributed by atoms with Crippen LogP contribution in [0.25, 0.3) is 0 Å². The van der Waals surface area contributed by atoms with Crippen molar-refractivity contribution >= 4 is 17.4 Å². The summed E-state index contributed by atoms with van der Waals surface area (Å²) in [5.41, 5.74) is 0.454. The Kier molecular flexibility index (Phi) is 3.88. The van der Waals surface area contributed by atoms with E-state index in [0.29, 0.717) is 5.69 Å². The maximum Gasteiger partial charge on any atom is 0.187 e. The van der Waals surface area contributed by atoms with E-state index in [2.05, 4.69) is 4.98 Å². The average molecular weight is 275 g/mol. The third-order valence-electron chi connectivity index (χ3n) is 2.57. The fourth-order valence-corrected chi connectivity index (χ4v) is 1.91. The van der Waals surface area contributed by atoms with Gasteiger partial charge in [-0.15, -0.1) is 0 Å². The van der Waals surface area contributed by atoms with E-state index < -0.39 is 17.5 Å². The molecular weight excluding hydrogens is 267 g/mol. The molecule has 1 aromatic heterocycles. The number of rotatable bonds is 3. The minimum atomic E-state index is -1.05. The van der Waals surface area contributed by atoms with Crippen LogP contribution in [-0.2, 0) is 0 Å². The van der Waals surface area contributed by atoms with Crippen molar-refractivity contribution < 1.29 is 9.18 Å². The number of halogens is 2. The molecule has 0 spiro atoms. The molecule has 19 heavy (non-hydrogen) atoms. The van der Waals surface area contributed by atoms with Crippen LogP contribution in [0.2, 0.25) is 5.02 Å². The molecule has 2 aromatic rings. The molecule has 1 atom stereocenters. The Labute approximate surface area is 114 Å². The quantitative estimate of drug-likeness (QED) is 0.807. The van der Waals surface area contributed by atoms with Crippen LogP contribution in [-0.4, -0.2) is 10.8 Å². The largest absolute Gasteiger partial charge is 0.292 e. The van der Waals surface area contributed by atoms with Crippen molar-refractivity contribution in [2.45, 2.75) is 5.92 Å². The van der Waals surface area contributed by atoms with Crippen molar-refractivity contribution in [3.8, 4) is 6.07 Å². The number of aromatic nitrogens is 1. The minimum Gasteiger partial charge on any atom is -0.292 e. The summed E-state index contributed by atoms with van der Waals surface area (Å²) in [5.74, 6) is -2.08. The smallest absolute Gasteiger partial charge is 0.187 e. The zero-order valence-electron chi connectivity index (χ0n) is 9.68. The number of pyridine rings is 1. The Hall–Kier alpha value is -2.25. The summed E-state index contributed by atoms with van der Waals surface area (Å²) in [6.07, 6.45) is 1.50. The zero-order chi connectivity index (χ0) is 13.8. The fraction of sp³-hybridized carbons (Fsp3) is 0.0714. The van der Waals surface area contributed by atoms with Gasteiger partial charge >= 0.3 is 0 Å². The van der Waals surface area contributed by atoms with Crippen LogP contribution in [0, 0.1) is 17.1 Å². The van der Waals surface area contributed by atoms with Crippen LogP contribution >= 0.6 is 11.6 Å². The first kappa shape index (κ1) is 13.2. The van der Waals surface area contributed by atoms with Crippen LogP contribution in [0.4, 0.5) is 4.39 Å². The lowest BCUT2D eigenvalue weighted by Gasteiger charge is -2.08. The van der Waals surface area contributed by atoms with Crippen LogP contribution < -0.4 is 0 Å². The van der Waals surface area contributed by atoms with E-state index in [1.807, 2.05) is 6.07 Å². The monoisotopic (exact) mass is 274 g/mol. The fourth-order valence-electron chi connectivity index (χ4n) is 1.65. The van der Waals surface area contributed by atoms with Gasteiger partial charge in [0, 0.05) is 11.8 Å². The third-order valence-corrected chi connectivity index (χ3v) is 2.88. The van der Waals surface area contributed by atoms with Gasteiger partial charge in [-0.2, -0.15) is 5.26 Å². The van der Waals surface area contributed by atoms with Crippen molar-refractivity contribution in [3.63, 3.8) is 0 Å². The first-order valence-electron chi connectivity index (χ1n) is 5.43. The van der Waals surface area contributed by atoms with Crippen molar-refractivity contribution in [3.05, 3.63) is 64.7 Å². The number of ketones is 1. The third kappa shape index (κ3) is 2.78. The molecule has 1 unspecified atom stereocenters. The predicted octanol–water partition coefficient (Wildman–Crippen LogP) is 3.36. The summed E-state index contributed by atoms with van der Waals surface area (Å²) >= 11 is 5.82. The van der Waals surface area contributed by atoms with Crippen LogP contribution in [0.3, 0.4) is 0 Å². The molecule has 3 nitrogen and oxygen atoms in total. The number of carbonyl (C=O) groups excluding carboxylic acids is 1. The summed E-state index contributed by atoms with van der Waals surface area (Å²) in [5, 5.41) is 9.12. The molecule has 1 aromatic carbocycles. The Bertz CT molecular complexity index is 652. The second kappa shape index (κ2) is 5.59. The number of hydrogen-bond acceptors (Lipinski definition) is 3. The lowest BCUT2D eigenvalue weighted by molar-refractivity contribution is 0.0977. The lowest BCUT2D eigenvalue weighted by Crippen LogP contribution is -2.13. The van der Waals surface area contributed by atoms with Crippen molar-refractivity contribution in [1.29, 1.82) is 5.26 Å². The van der Waals surface area contributed by atoms with E-state index in [4.69, 9.17) is 16.9 Å². The molecule has 0 N–H and O–H groups in total. The van der Waals surface area contributed by atoms with Gasteiger partial charge < -0.3 is 0 Å². The molecule has 94 valence electrons. The number of benzene rings is 1. The molecule has 0 fully saturated rings. The van der Waals surface area contributed by atoms with Crippen LogP contribution in [0.1, 0.15) is 22.0 Å². The first-order valence-corrected chi connectivity index (χ1v) is 5.81. The highest BCUT2D eigenvalue weighted by atomic mass is 35.5. The molecule has 1 heterocycles. The highest BCUT2D eigenvalue weighted by Crippen LogP contribution is 2.24. The number of hydrogen-bond donors (Lipinski definition) is 0. The van der Waals surface area contributed by atoms with Gasteiger partial charge in [-0.1, -0.05) is 17.7 Å². The van der Waals surface area contributed by atoms with Crippen molar-refractivity contribution in [1.82, 2.24) is 4.98 Å². The lowest BCUT2D eigenvalue weighted by atomic mass is 9.95. The van der Waals surface area contributed by atoms with Crippen molar-refractivity contribution in [2.75, 3.05) is 0 Å². The molecule has 0 aliphatic carbocycles. The topological polar surface area (TPSA) is 53.8 Å². The minimum absolute atomic E-state index is 0.0128. The second-order valence-electron chi connectivity index (χ2n) is 3.81. The Morgan fingerprint density at radius 2 is 2.16 bits per heavy atom. The standard InChI is InChI=1S/C14H8ClFN2O/c15-12-7-9(16)4-5-10(12)14(19)11(8-17)13-3-1-2-6-18-13/h1-7,11H. The molecule has 0 saturated heterocycles. The Balaban J connectivity index is 2.40. The van der Waals surface area contributed by atoms with Crippen molar-refractivity contribution in [2.24, 2.45) is 0 Å². The molecule has 5 heteroatoms. The van der Waals surface area contributed by atoms with Gasteiger partial charge in [0.15, 0.2) is 11.7 Å². The second-order valence-corrected chi connectivity index (χ2v) is 4.21. The van der Waals surface area contributed by atoms with Crippen LogP contribution in [0.5, 0.6) is 0 Å². The van der Waals surface area contributed by atoms with Gasteiger partial charge in [0.25, 0.3) is 0 Å². The first-order chi connectivity index (χ1) is 9.13. The van der Waals surface area contributed by atoms with Crippen LogP contribution in [0.15, 0.2) is 42.6 Å². The highest BCUT2D eigenvalue weighted by Gasteiger charge is 2.24. The summed E-state index contributed by atoms with van der Waals surface area (Å²) in [6.45, 7) is 0. The summed E-state index contributed by atoms with van der Waals surface area (Å²) in [4.78, 5) is 16.2. The average Bonchev–Trinajstić information content (AvgIpc) is 2.40. The molecule has 2 rings (SSSR count). The molecule has 0 amide bonds. The molecule has 0 aliphatic heterocycles. The summed E-state index contributed by atoms with van der Waals surface area (Å²) < 4.78 is 12.9. The van der Waals surface area contributed by atoms with E-state index in [1.165, 1.54) is 12.3 Å². The number of nitriles is 1. The molecule has 0 bridgehead atoms. The SMILES string of the molecule is N#CC(C(=O)c1ccc(F)cc1Cl)c1ccccn1. The van der Waals surface area contributed by atoms with Gasteiger partial charge in [-0.25, -0.2) is 4.39 Å². The number of Topliss-reactive ketones (excluding diaryl/α,β-unsaturated/α-hetero) is 1. The predicted molar refractivity (Wildman–Crippen MR) is 68.3 cm³/mol. The highest BCUT2D eigenvalue weighted by molar-refractivity contribution is 6.34. The molecule has 0 aliphatic rings. The maximum atomic E-state index is 12.9. The summed E-state index contributed by atoms with van der Waals surface area (Å²) in [6, 6.07) is 10.3. The number of nitrogens with zero attached hydrogens (tertiary/aromatic N) is 2. The molecule has 0 saturated carbocycles. The Morgan fingerprint density at radius 3 is 2.74 bits per heavy atom. The molecule has 0 radical (unpaired) electrons. The van der Waals surface area contributed by atoms with E-state index in [0.717, 1.165) is 12.1 Å². The van der Waals surface area contributed by atoms with E-state index >= 15 is 0 Å².